The van der Waals surface area contributed by atoms with Gasteiger partial charge in [-0.2, -0.15) is 13.2 Å². The summed E-state index contributed by atoms with van der Waals surface area (Å²) in [6, 6.07) is 7.07. The van der Waals surface area contributed by atoms with Gasteiger partial charge in [-0.05, 0) is 59.0 Å². The van der Waals surface area contributed by atoms with Gasteiger partial charge < -0.3 is 0 Å². The molecule has 5 heteroatoms. The monoisotopic (exact) mass is 332 g/mol. The van der Waals surface area contributed by atoms with Crippen LogP contribution in [0.25, 0.3) is 0 Å². The minimum atomic E-state index is -4.16. The number of alkyl halides is 3. The maximum Gasteiger partial charge on any atom is 0.442 e. The summed E-state index contributed by atoms with van der Waals surface area (Å²) in [5, 5.41) is -0.549. The maximum atomic E-state index is 12.0. The van der Waals surface area contributed by atoms with Crippen LogP contribution < -0.4 is 0 Å². The first kappa shape index (κ1) is 12.2. The molecule has 0 aliphatic carbocycles. The van der Waals surface area contributed by atoms with E-state index in [1.807, 2.05) is 12.1 Å². The molecule has 1 unspecified atom stereocenters. The number of benzene rings is 1. The van der Waals surface area contributed by atoms with Crippen LogP contribution >= 0.6 is 34.4 Å². The minimum Gasteiger partial charge on any atom is -0.160 e. The van der Waals surface area contributed by atoms with Crippen molar-refractivity contribution in [1.29, 1.82) is 0 Å². The number of thioether (sulfide) groups is 1. The van der Waals surface area contributed by atoms with Crippen LogP contribution in [0.15, 0.2) is 24.3 Å². The third-order valence-corrected chi connectivity index (χ3v) is 3.26. The van der Waals surface area contributed by atoms with E-state index in [0.717, 1.165) is 3.57 Å². The van der Waals surface area contributed by atoms with Crippen LogP contribution in [0.2, 0.25) is 0 Å². The van der Waals surface area contributed by atoms with E-state index in [-0.39, 0.29) is 11.8 Å². The van der Waals surface area contributed by atoms with Gasteiger partial charge >= 0.3 is 5.51 Å². The van der Waals surface area contributed by atoms with Gasteiger partial charge in [0, 0.05) is 8.82 Å². The van der Waals surface area contributed by atoms with E-state index in [2.05, 4.69) is 22.6 Å². The lowest BCUT2D eigenvalue weighted by Crippen LogP contribution is -2.03. The molecule has 0 fully saturated rings. The molecule has 0 bridgehead atoms. The van der Waals surface area contributed by atoms with Gasteiger partial charge in [0.1, 0.15) is 0 Å². The van der Waals surface area contributed by atoms with Crippen LogP contribution in [0.1, 0.15) is 17.7 Å². The number of hydrogen-bond acceptors (Lipinski definition) is 1. The fraction of sp³-hybridized carbons (Fsp3) is 0.333. The zero-order chi connectivity index (χ0) is 10.8. The Bertz CT molecular complexity index is 294. The molecule has 0 aliphatic heterocycles. The van der Waals surface area contributed by atoms with Gasteiger partial charge in [-0.1, -0.05) is 12.1 Å². The zero-order valence-electron chi connectivity index (χ0n) is 7.31. The molecule has 0 aromatic heterocycles. The van der Waals surface area contributed by atoms with Crippen molar-refractivity contribution in [3.05, 3.63) is 33.4 Å². The Morgan fingerprint density at radius 1 is 1.21 bits per heavy atom. The van der Waals surface area contributed by atoms with E-state index in [1.54, 1.807) is 19.1 Å². The first-order valence-corrected chi connectivity index (χ1v) is 5.84. The van der Waals surface area contributed by atoms with E-state index >= 15 is 0 Å². The molecule has 0 spiro atoms. The Hall–Kier alpha value is 0.0900. The highest BCUT2D eigenvalue weighted by atomic mass is 127. The zero-order valence-corrected chi connectivity index (χ0v) is 10.3. The summed E-state index contributed by atoms with van der Waals surface area (Å²) in [7, 11) is 0. The molecule has 0 saturated carbocycles. The van der Waals surface area contributed by atoms with Crippen LogP contribution in [0.3, 0.4) is 0 Å². The molecule has 0 nitrogen and oxygen atoms in total. The molecule has 0 saturated heterocycles. The van der Waals surface area contributed by atoms with Crippen molar-refractivity contribution in [2.24, 2.45) is 0 Å². The Kier molecular flexibility index (Phi) is 4.12. The van der Waals surface area contributed by atoms with E-state index in [0.29, 0.717) is 5.56 Å². The van der Waals surface area contributed by atoms with Gasteiger partial charge in [-0.3, -0.25) is 0 Å². The minimum absolute atomic E-state index is 0.0132. The van der Waals surface area contributed by atoms with Crippen LogP contribution in [-0.4, -0.2) is 5.51 Å². The lowest BCUT2D eigenvalue weighted by atomic mass is 10.2. The van der Waals surface area contributed by atoms with Crippen molar-refractivity contribution in [2.45, 2.75) is 17.7 Å². The molecule has 0 N–H and O–H groups in total. The van der Waals surface area contributed by atoms with Crippen LogP contribution in [0, 0.1) is 3.57 Å². The molecule has 1 atom stereocenters. The summed E-state index contributed by atoms with van der Waals surface area (Å²) in [6.07, 6.45) is 0. The summed E-state index contributed by atoms with van der Waals surface area (Å²) in [5.74, 6) is 0. The predicted octanol–water partition coefficient (Wildman–Crippen LogP) is 4.61. The molecule has 0 heterocycles. The van der Waals surface area contributed by atoms with Gasteiger partial charge in [0.2, 0.25) is 0 Å². The first-order chi connectivity index (χ1) is 6.38. The second-order valence-corrected chi connectivity index (χ2v) is 5.41. The van der Waals surface area contributed by atoms with Crippen LogP contribution in [0.4, 0.5) is 13.2 Å². The molecule has 0 amide bonds. The molecule has 0 aliphatic rings. The third kappa shape index (κ3) is 4.08. The maximum absolute atomic E-state index is 12.0. The summed E-state index contributed by atoms with van der Waals surface area (Å²) < 4.78 is 37.1. The standard InChI is InChI=1S/C9H8F3IS/c1-6(14-9(10,11)12)7-2-4-8(13)5-3-7/h2-6H,1H3. The fourth-order valence-corrected chi connectivity index (χ4v) is 2.06. The normalized spacial score (nSPS) is 14.1. The average Bonchev–Trinajstić information content (AvgIpc) is 2.02. The van der Waals surface area contributed by atoms with Crippen molar-refractivity contribution >= 4 is 34.4 Å². The third-order valence-electron chi connectivity index (χ3n) is 1.65. The second-order valence-electron chi connectivity index (χ2n) is 2.76. The second kappa shape index (κ2) is 4.74. The SMILES string of the molecule is CC(SC(F)(F)F)c1ccc(I)cc1. The molecule has 1 rings (SSSR count). The van der Waals surface area contributed by atoms with E-state index < -0.39 is 10.8 Å². The Labute approximate surface area is 98.4 Å². The quantitative estimate of drug-likeness (QED) is 0.713. The van der Waals surface area contributed by atoms with Crippen LogP contribution in [0.5, 0.6) is 0 Å². The van der Waals surface area contributed by atoms with Crippen molar-refractivity contribution < 1.29 is 13.2 Å². The Balaban J connectivity index is 2.70. The molecule has 78 valence electrons. The summed E-state index contributed by atoms with van der Waals surface area (Å²) >= 11 is 2.13. The van der Waals surface area contributed by atoms with Gasteiger partial charge in [-0.25, -0.2) is 0 Å². The fourth-order valence-electron chi connectivity index (χ4n) is 1.00. The van der Waals surface area contributed by atoms with Crippen LogP contribution in [-0.2, 0) is 0 Å². The molecule has 1 aromatic rings. The highest BCUT2D eigenvalue weighted by Crippen LogP contribution is 2.41. The smallest absolute Gasteiger partial charge is 0.160 e. The number of hydrogen-bond donors (Lipinski definition) is 0. The molecular formula is C9H8F3IS. The largest absolute Gasteiger partial charge is 0.442 e. The molecule has 1 aromatic carbocycles. The molecular weight excluding hydrogens is 324 g/mol. The van der Waals surface area contributed by atoms with Crippen molar-refractivity contribution in [1.82, 2.24) is 0 Å². The topological polar surface area (TPSA) is 0 Å². The van der Waals surface area contributed by atoms with Gasteiger partial charge in [0.15, 0.2) is 0 Å². The van der Waals surface area contributed by atoms with E-state index in [9.17, 15) is 13.2 Å². The van der Waals surface area contributed by atoms with Crippen molar-refractivity contribution in [2.75, 3.05) is 0 Å². The predicted molar refractivity (Wildman–Crippen MR) is 61.2 cm³/mol. The van der Waals surface area contributed by atoms with E-state index in [4.69, 9.17) is 0 Å². The Morgan fingerprint density at radius 2 is 1.71 bits per heavy atom. The molecule has 0 radical (unpaired) electrons. The average molecular weight is 332 g/mol. The number of rotatable bonds is 2. The lowest BCUT2D eigenvalue weighted by Gasteiger charge is -2.13. The number of halogens is 4. The van der Waals surface area contributed by atoms with Crippen molar-refractivity contribution in [3.63, 3.8) is 0 Å². The van der Waals surface area contributed by atoms with Gasteiger partial charge in [0.25, 0.3) is 0 Å². The Morgan fingerprint density at radius 3 is 2.14 bits per heavy atom. The van der Waals surface area contributed by atoms with E-state index in [1.165, 1.54) is 0 Å². The highest BCUT2D eigenvalue weighted by molar-refractivity contribution is 14.1. The molecule has 14 heavy (non-hydrogen) atoms. The summed E-state index contributed by atoms with van der Waals surface area (Å²) in [4.78, 5) is 0. The lowest BCUT2D eigenvalue weighted by molar-refractivity contribution is -0.0333. The first-order valence-electron chi connectivity index (χ1n) is 3.88. The van der Waals surface area contributed by atoms with Gasteiger partial charge in [-0.15, -0.1) is 0 Å². The summed E-state index contributed by atoms with van der Waals surface area (Å²) in [5.41, 5.74) is -3.46. The van der Waals surface area contributed by atoms with Gasteiger partial charge in [0.05, 0.1) is 0 Å². The summed E-state index contributed by atoms with van der Waals surface area (Å²) in [6.45, 7) is 1.56. The van der Waals surface area contributed by atoms with Crippen molar-refractivity contribution in [3.8, 4) is 0 Å². The highest BCUT2D eigenvalue weighted by Gasteiger charge is 2.31.